The van der Waals surface area contributed by atoms with Crippen molar-refractivity contribution in [3.63, 3.8) is 0 Å². The van der Waals surface area contributed by atoms with Gasteiger partial charge < -0.3 is 10.2 Å². The third-order valence-corrected chi connectivity index (χ3v) is 8.42. The van der Waals surface area contributed by atoms with Crippen molar-refractivity contribution in [1.29, 1.82) is 0 Å². The van der Waals surface area contributed by atoms with Gasteiger partial charge in [0, 0.05) is 6.42 Å². The number of aliphatic hydroxyl groups excluding tert-OH is 2. The molecule has 0 aromatic carbocycles. The van der Waals surface area contributed by atoms with Gasteiger partial charge in [0.2, 0.25) is 0 Å². The van der Waals surface area contributed by atoms with E-state index in [2.05, 4.69) is 32.6 Å². The van der Waals surface area contributed by atoms with Crippen molar-refractivity contribution in [2.75, 3.05) is 0 Å². The maximum Gasteiger partial charge on any atom is 0.105 e. The second kappa shape index (κ2) is 9.28. The van der Waals surface area contributed by atoms with Gasteiger partial charge in [-0.05, 0) is 93.1 Å². The number of rotatable bonds is 6. The van der Waals surface area contributed by atoms with Crippen molar-refractivity contribution in [3.05, 3.63) is 35.5 Å². The van der Waals surface area contributed by atoms with E-state index in [0.29, 0.717) is 36.5 Å². The first-order valence-corrected chi connectivity index (χ1v) is 12.1. The molecule has 3 aliphatic carbocycles. The van der Waals surface area contributed by atoms with Gasteiger partial charge in [-0.25, -0.2) is 4.39 Å². The number of hydrogen-bond donors (Lipinski definition) is 2. The van der Waals surface area contributed by atoms with Crippen LogP contribution in [0.25, 0.3) is 0 Å². The third-order valence-electron chi connectivity index (χ3n) is 8.42. The highest BCUT2D eigenvalue weighted by Crippen LogP contribution is 2.60. The summed E-state index contributed by atoms with van der Waals surface area (Å²) in [5, 5.41) is 20.1. The van der Waals surface area contributed by atoms with E-state index in [4.69, 9.17) is 0 Å². The van der Waals surface area contributed by atoms with Gasteiger partial charge in [0.1, 0.15) is 5.67 Å². The minimum Gasteiger partial charge on any atom is -0.393 e. The summed E-state index contributed by atoms with van der Waals surface area (Å²) in [6.07, 6.45) is 13.2. The second-order valence-electron chi connectivity index (χ2n) is 11.3. The van der Waals surface area contributed by atoms with Crippen molar-refractivity contribution < 1.29 is 14.6 Å². The minimum absolute atomic E-state index is 0.343. The molecule has 0 amide bonds. The average molecular weight is 419 g/mol. The Morgan fingerprint density at radius 3 is 2.70 bits per heavy atom. The zero-order valence-corrected chi connectivity index (χ0v) is 19.6. The van der Waals surface area contributed by atoms with Gasteiger partial charge in [-0.2, -0.15) is 0 Å². The lowest BCUT2D eigenvalue weighted by Crippen LogP contribution is -2.36. The van der Waals surface area contributed by atoms with Gasteiger partial charge in [0.15, 0.2) is 0 Å². The van der Waals surface area contributed by atoms with Crippen LogP contribution in [-0.4, -0.2) is 28.1 Å². The summed E-state index contributed by atoms with van der Waals surface area (Å²) in [5.74, 6) is 1.98. The van der Waals surface area contributed by atoms with Crippen LogP contribution in [0, 0.1) is 23.2 Å². The summed E-state index contributed by atoms with van der Waals surface area (Å²) in [4.78, 5) is 0. The van der Waals surface area contributed by atoms with Gasteiger partial charge in [-0.15, -0.1) is 0 Å². The molecule has 2 nitrogen and oxygen atoms in total. The fourth-order valence-electron chi connectivity index (χ4n) is 6.72. The highest BCUT2D eigenvalue weighted by Gasteiger charge is 2.50. The summed E-state index contributed by atoms with van der Waals surface area (Å²) < 4.78 is 13.9. The molecular weight excluding hydrogens is 375 g/mol. The summed E-state index contributed by atoms with van der Waals surface area (Å²) >= 11 is 0. The predicted octanol–water partition coefficient (Wildman–Crippen LogP) is 6.68. The van der Waals surface area contributed by atoms with Crippen LogP contribution in [0.5, 0.6) is 0 Å². The highest BCUT2D eigenvalue weighted by molar-refractivity contribution is 5.38. The largest absolute Gasteiger partial charge is 0.393 e. The fraction of sp³-hybridized carbons (Fsp3) is 0.778. The number of alkyl halides is 1. The molecule has 0 spiro atoms. The van der Waals surface area contributed by atoms with E-state index in [9.17, 15) is 14.6 Å². The Morgan fingerprint density at radius 2 is 2.00 bits per heavy atom. The van der Waals surface area contributed by atoms with E-state index in [-0.39, 0.29) is 0 Å². The highest BCUT2D eigenvalue weighted by atomic mass is 19.1. The van der Waals surface area contributed by atoms with Crippen LogP contribution in [-0.2, 0) is 0 Å². The van der Waals surface area contributed by atoms with Crippen LogP contribution in [0.4, 0.5) is 4.39 Å². The molecule has 6 atom stereocenters. The molecule has 3 heteroatoms. The summed E-state index contributed by atoms with van der Waals surface area (Å²) in [6.45, 7) is 12.3. The molecular formula is C27H43FO2. The molecule has 3 aliphatic rings. The van der Waals surface area contributed by atoms with Crippen molar-refractivity contribution in [3.8, 4) is 0 Å². The quantitative estimate of drug-likeness (QED) is 0.505. The zero-order chi connectivity index (χ0) is 22.1. The average Bonchev–Trinajstić information content (AvgIpc) is 3.00. The second-order valence-corrected chi connectivity index (χ2v) is 11.3. The SMILES string of the molecule is C=C1/C(=C\C=C2/CCC[C@@]3(C)C2CC[C@@H]3[C@H](C)CCCC(C)(C)F)C[C@@H](O)CC1O. The molecule has 0 aromatic heterocycles. The van der Waals surface area contributed by atoms with Crippen LogP contribution < -0.4 is 0 Å². The monoisotopic (exact) mass is 418 g/mol. The molecule has 0 aliphatic heterocycles. The topological polar surface area (TPSA) is 40.5 Å². The Morgan fingerprint density at radius 1 is 1.27 bits per heavy atom. The first kappa shape index (κ1) is 23.7. The Bertz CT molecular complexity index is 685. The lowest BCUT2D eigenvalue weighted by molar-refractivity contribution is 0.0860. The standard InChI is InChI=1S/C27H43FO2/c1-18(8-6-14-26(3,4)28)23-12-13-24-20(9-7-15-27(23,24)5)10-11-21-16-22(29)17-25(30)19(21)2/h10-11,18,22-25,29-30H,2,6-9,12-17H2,1,3-5H3/b20-10+,21-11-/t18-,22-,23-,24?,25?,27-/m1/s1. The summed E-state index contributed by atoms with van der Waals surface area (Å²) in [5.41, 5.74) is 2.59. The zero-order valence-electron chi connectivity index (χ0n) is 19.6. The summed E-state index contributed by atoms with van der Waals surface area (Å²) in [6, 6.07) is 0. The molecule has 170 valence electrons. The maximum atomic E-state index is 13.9. The van der Waals surface area contributed by atoms with Crippen LogP contribution in [0.15, 0.2) is 35.5 Å². The Labute approximate surface area is 183 Å². The number of hydrogen-bond acceptors (Lipinski definition) is 2. The van der Waals surface area contributed by atoms with Gasteiger partial charge in [-0.1, -0.05) is 51.0 Å². The van der Waals surface area contributed by atoms with Gasteiger partial charge >= 0.3 is 0 Å². The molecule has 0 saturated heterocycles. The fourth-order valence-corrected chi connectivity index (χ4v) is 6.72. The van der Waals surface area contributed by atoms with Crippen LogP contribution in [0.3, 0.4) is 0 Å². The molecule has 2 unspecified atom stereocenters. The van der Waals surface area contributed by atoms with Crippen LogP contribution >= 0.6 is 0 Å². The Kier molecular flexibility index (Phi) is 7.34. The van der Waals surface area contributed by atoms with E-state index in [1.165, 1.54) is 31.3 Å². The normalized spacial score (nSPS) is 38.8. The third kappa shape index (κ3) is 5.27. The number of allylic oxidation sites excluding steroid dienone is 3. The molecule has 2 N–H and O–H groups in total. The lowest BCUT2D eigenvalue weighted by atomic mass is 9.60. The van der Waals surface area contributed by atoms with E-state index in [1.807, 2.05) is 0 Å². The molecule has 0 bridgehead atoms. The first-order valence-electron chi connectivity index (χ1n) is 12.1. The van der Waals surface area contributed by atoms with Gasteiger partial charge in [-0.3, -0.25) is 0 Å². The lowest BCUT2D eigenvalue weighted by Gasteiger charge is -2.44. The molecule has 3 fully saturated rings. The molecule has 3 saturated carbocycles. The molecule has 30 heavy (non-hydrogen) atoms. The molecule has 0 radical (unpaired) electrons. The molecule has 3 rings (SSSR count). The van der Waals surface area contributed by atoms with Crippen molar-refractivity contribution in [2.24, 2.45) is 23.2 Å². The predicted molar refractivity (Wildman–Crippen MR) is 123 cm³/mol. The minimum atomic E-state index is -1.06. The molecule has 0 heterocycles. The number of halogens is 1. The first-order chi connectivity index (χ1) is 14.0. The van der Waals surface area contributed by atoms with Crippen molar-refractivity contribution in [1.82, 2.24) is 0 Å². The van der Waals surface area contributed by atoms with E-state index < -0.39 is 17.9 Å². The Hall–Kier alpha value is -0.930. The number of aliphatic hydroxyl groups is 2. The van der Waals surface area contributed by atoms with Gasteiger partial charge in [0.25, 0.3) is 0 Å². The van der Waals surface area contributed by atoms with Gasteiger partial charge in [0.05, 0.1) is 12.2 Å². The van der Waals surface area contributed by atoms with Crippen LogP contribution in [0.2, 0.25) is 0 Å². The number of fused-ring (bicyclic) bond motifs is 1. The van der Waals surface area contributed by atoms with E-state index >= 15 is 0 Å². The smallest absolute Gasteiger partial charge is 0.105 e. The molecule has 0 aromatic rings. The summed E-state index contributed by atoms with van der Waals surface area (Å²) in [7, 11) is 0. The van der Waals surface area contributed by atoms with Crippen molar-refractivity contribution in [2.45, 2.75) is 110 Å². The van der Waals surface area contributed by atoms with Crippen molar-refractivity contribution >= 4 is 0 Å². The van der Waals surface area contributed by atoms with E-state index in [1.54, 1.807) is 13.8 Å². The van der Waals surface area contributed by atoms with E-state index in [0.717, 1.165) is 36.3 Å². The maximum absolute atomic E-state index is 13.9. The Balaban J connectivity index is 1.70. The van der Waals surface area contributed by atoms with Crippen LogP contribution in [0.1, 0.15) is 91.9 Å².